The average molecular weight is 659 g/mol. The summed E-state index contributed by atoms with van der Waals surface area (Å²) in [6.45, 7) is 7.31. The largest absolute Gasteiger partial charge is 0.495 e. The molecule has 0 saturated carbocycles. The number of methoxy groups -OCH3 is 1. The molecule has 0 unspecified atom stereocenters. The lowest BCUT2D eigenvalue weighted by Gasteiger charge is -2.26. The van der Waals surface area contributed by atoms with E-state index in [1.165, 1.54) is 17.0 Å². The van der Waals surface area contributed by atoms with E-state index in [2.05, 4.69) is 4.98 Å². The molecule has 47 heavy (non-hydrogen) atoms. The van der Waals surface area contributed by atoms with E-state index >= 15 is 0 Å². The van der Waals surface area contributed by atoms with Crippen LogP contribution in [-0.2, 0) is 23.8 Å². The van der Waals surface area contributed by atoms with Gasteiger partial charge in [-0.2, -0.15) is 8.42 Å². The third-order valence-corrected chi connectivity index (χ3v) is 8.37. The van der Waals surface area contributed by atoms with Crippen molar-refractivity contribution in [1.29, 1.82) is 0 Å². The van der Waals surface area contributed by atoms with E-state index < -0.39 is 21.8 Å². The fraction of sp³-hybridized carbons (Fsp3) is 0.286. The molecule has 3 aromatic heterocycles. The molecule has 0 aliphatic carbocycles. The molecule has 5 aromatic rings. The monoisotopic (exact) mass is 658 g/mol. The van der Waals surface area contributed by atoms with E-state index in [1.54, 1.807) is 52.3 Å². The number of hydrogen-bond acceptors (Lipinski definition) is 9. The van der Waals surface area contributed by atoms with Crippen LogP contribution in [0.1, 0.15) is 26.3 Å². The van der Waals surface area contributed by atoms with Crippen molar-refractivity contribution in [2.45, 2.75) is 38.2 Å². The predicted octanol–water partition coefficient (Wildman–Crippen LogP) is 6.54. The highest BCUT2D eigenvalue weighted by molar-refractivity contribution is 7.86. The van der Waals surface area contributed by atoms with E-state index in [9.17, 15) is 13.2 Å². The van der Waals surface area contributed by atoms with Gasteiger partial charge in [-0.3, -0.25) is 9.08 Å². The number of benzene rings is 2. The van der Waals surface area contributed by atoms with Crippen molar-refractivity contribution in [2.24, 2.45) is 0 Å². The number of carbonyl (C=O) groups excluding carboxylic acids is 1. The maximum Gasteiger partial charge on any atom is 0.416 e. The number of ether oxygens (including phenoxy) is 3. The Kier molecular flexibility index (Phi) is 10.2. The van der Waals surface area contributed by atoms with Gasteiger partial charge in [0.25, 0.3) is 10.1 Å². The summed E-state index contributed by atoms with van der Waals surface area (Å²) < 4.78 is 48.3. The molecule has 3 heterocycles. The van der Waals surface area contributed by atoms with Gasteiger partial charge < -0.3 is 18.6 Å². The summed E-state index contributed by atoms with van der Waals surface area (Å²) in [5.74, 6) is 1.14. The molecule has 5 rings (SSSR count). The first-order valence-corrected chi connectivity index (χ1v) is 16.5. The van der Waals surface area contributed by atoms with E-state index in [1.807, 2.05) is 66.2 Å². The maximum absolute atomic E-state index is 13.1. The smallest absolute Gasteiger partial charge is 0.416 e. The summed E-state index contributed by atoms with van der Waals surface area (Å²) >= 11 is 0. The first-order chi connectivity index (χ1) is 22.4. The van der Waals surface area contributed by atoms with Crippen molar-refractivity contribution in [1.82, 2.24) is 14.4 Å². The van der Waals surface area contributed by atoms with Crippen LogP contribution in [0, 0.1) is 6.92 Å². The highest BCUT2D eigenvalue weighted by Gasteiger charge is 2.24. The third-order valence-electron chi connectivity index (χ3n) is 7.05. The van der Waals surface area contributed by atoms with Crippen LogP contribution >= 0.6 is 0 Å². The Balaban J connectivity index is 1.21. The van der Waals surface area contributed by atoms with Crippen LogP contribution in [0.2, 0.25) is 0 Å². The standard InChI is InChI=1S/C35H38N4O7S/c1-25-6-14-30(15-7-25)47(41,42)45-21-20-44-19-18-39(34(40)46-35(2,3)4)32-16-12-28(22-36-32)26-8-10-27(11-9-26)31-24-38-23-29(43-5)13-17-33(38)37-31/h6-17,22-24H,18-21H2,1-5H3. The Morgan fingerprint density at radius 3 is 2.21 bits per heavy atom. The van der Waals surface area contributed by atoms with Gasteiger partial charge in [-0.05, 0) is 69.7 Å². The minimum atomic E-state index is -3.89. The summed E-state index contributed by atoms with van der Waals surface area (Å²) in [7, 11) is -2.26. The predicted molar refractivity (Wildman–Crippen MR) is 179 cm³/mol. The van der Waals surface area contributed by atoms with Crippen LogP contribution in [0.3, 0.4) is 0 Å². The molecule has 0 aliphatic rings. The number of carbonyl (C=O) groups is 1. The van der Waals surface area contributed by atoms with Crippen molar-refractivity contribution in [3.05, 3.63) is 97.0 Å². The van der Waals surface area contributed by atoms with Crippen LogP contribution in [0.4, 0.5) is 10.6 Å². The third kappa shape index (κ3) is 8.73. The molecule has 0 radical (unpaired) electrons. The van der Waals surface area contributed by atoms with Crippen LogP contribution < -0.4 is 9.64 Å². The molecule has 0 fully saturated rings. The van der Waals surface area contributed by atoms with Crippen molar-refractivity contribution in [3.63, 3.8) is 0 Å². The first kappa shape index (κ1) is 33.6. The molecule has 11 nitrogen and oxygen atoms in total. The zero-order valence-corrected chi connectivity index (χ0v) is 27.9. The van der Waals surface area contributed by atoms with E-state index in [0.717, 1.165) is 39.3 Å². The molecule has 0 bridgehead atoms. The second-order valence-electron chi connectivity index (χ2n) is 11.8. The first-order valence-electron chi connectivity index (χ1n) is 15.1. The van der Waals surface area contributed by atoms with Crippen molar-refractivity contribution in [3.8, 4) is 28.1 Å². The number of imidazole rings is 1. The number of aryl methyl sites for hydroxylation is 1. The van der Waals surface area contributed by atoms with Crippen LogP contribution in [-0.4, -0.2) is 68.0 Å². The van der Waals surface area contributed by atoms with E-state index in [0.29, 0.717) is 5.82 Å². The minimum absolute atomic E-state index is 0.0127. The zero-order chi connectivity index (χ0) is 33.6. The molecule has 12 heteroatoms. The van der Waals surface area contributed by atoms with Crippen LogP contribution in [0.15, 0.2) is 96.3 Å². The normalized spacial score (nSPS) is 11.9. The Bertz CT molecular complexity index is 1920. The van der Waals surface area contributed by atoms with Gasteiger partial charge in [0.15, 0.2) is 0 Å². The second kappa shape index (κ2) is 14.3. The van der Waals surface area contributed by atoms with Gasteiger partial charge in [0.1, 0.15) is 22.8 Å². The minimum Gasteiger partial charge on any atom is -0.495 e. The molecule has 0 atom stereocenters. The van der Waals surface area contributed by atoms with Crippen LogP contribution in [0.5, 0.6) is 5.75 Å². The fourth-order valence-electron chi connectivity index (χ4n) is 4.63. The highest BCUT2D eigenvalue weighted by atomic mass is 32.2. The topological polar surface area (TPSA) is 122 Å². The van der Waals surface area contributed by atoms with Gasteiger partial charge in [0.2, 0.25) is 0 Å². The highest BCUT2D eigenvalue weighted by Crippen LogP contribution is 2.27. The molecule has 1 amide bonds. The second-order valence-corrected chi connectivity index (χ2v) is 13.4. The lowest BCUT2D eigenvalue weighted by Crippen LogP contribution is -2.39. The summed E-state index contributed by atoms with van der Waals surface area (Å²) in [4.78, 5) is 23.8. The number of aromatic nitrogens is 3. The Morgan fingerprint density at radius 1 is 0.851 bits per heavy atom. The lowest BCUT2D eigenvalue weighted by atomic mass is 10.0. The molecule has 0 aliphatic heterocycles. The summed E-state index contributed by atoms with van der Waals surface area (Å²) in [5.41, 5.74) is 4.68. The zero-order valence-electron chi connectivity index (χ0n) is 27.0. The fourth-order valence-corrected chi connectivity index (χ4v) is 5.52. The maximum atomic E-state index is 13.1. The number of rotatable bonds is 12. The summed E-state index contributed by atoms with van der Waals surface area (Å²) in [6, 6.07) is 21.8. The van der Waals surface area contributed by atoms with Crippen LogP contribution in [0.25, 0.3) is 28.0 Å². The molecule has 0 spiro atoms. The Morgan fingerprint density at radius 2 is 1.55 bits per heavy atom. The van der Waals surface area contributed by atoms with Gasteiger partial charge >= 0.3 is 6.09 Å². The van der Waals surface area contributed by atoms with Crippen molar-refractivity contribution >= 4 is 27.7 Å². The summed E-state index contributed by atoms with van der Waals surface area (Å²) in [6.07, 6.45) is 4.96. The van der Waals surface area contributed by atoms with Gasteiger partial charge in [-0.1, -0.05) is 42.0 Å². The van der Waals surface area contributed by atoms with Gasteiger partial charge in [0.05, 0.1) is 50.3 Å². The SMILES string of the molecule is COc1ccc2nc(-c3ccc(-c4ccc(N(CCOCCOS(=O)(=O)c5ccc(C)cc5)C(=O)OC(C)(C)C)nc4)cc3)cn2c1. The van der Waals surface area contributed by atoms with Crippen molar-refractivity contribution in [2.75, 3.05) is 38.4 Å². The van der Waals surface area contributed by atoms with Crippen molar-refractivity contribution < 1.29 is 31.6 Å². The number of nitrogens with zero attached hydrogens (tertiary/aromatic N) is 4. The average Bonchev–Trinajstić information content (AvgIpc) is 3.47. The van der Waals surface area contributed by atoms with E-state index in [-0.39, 0.29) is 31.3 Å². The van der Waals surface area contributed by atoms with E-state index in [4.69, 9.17) is 23.4 Å². The Labute approximate surface area is 274 Å². The molecule has 246 valence electrons. The number of fused-ring (bicyclic) bond motifs is 1. The number of anilines is 1. The number of pyridine rings is 2. The summed E-state index contributed by atoms with van der Waals surface area (Å²) in [5, 5.41) is 0. The molecule has 0 N–H and O–H groups in total. The molecular weight excluding hydrogens is 620 g/mol. The molecule has 0 saturated heterocycles. The van der Waals surface area contributed by atoms with Gasteiger partial charge in [0, 0.05) is 23.5 Å². The lowest BCUT2D eigenvalue weighted by molar-refractivity contribution is 0.0552. The number of amides is 1. The van der Waals surface area contributed by atoms with Gasteiger partial charge in [-0.15, -0.1) is 0 Å². The molecule has 2 aromatic carbocycles. The quantitative estimate of drug-likeness (QED) is 0.109. The Hall–Kier alpha value is -4.78. The van der Waals surface area contributed by atoms with Gasteiger partial charge in [-0.25, -0.2) is 14.8 Å². The molecular formula is C35H38N4O7S. The number of hydrogen-bond donors (Lipinski definition) is 0.